The number of hydrogen-bond acceptors (Lipinski definition) is 2. The molecule has 0 aliphatic rings. The minimum Gasteiger partial charge on any atom is -0.310 e. The molecule has 0 aliphatic carbocycles. The molecule has 0 atom stereocenters. The summed E-state index contributed by atoms with van der Waals surface area (Å²) < 4.78 is 2.58. The maximum absolute atomic E-state index is 2.44. The first-order chi connectivity index (χ1) is 32.7. The summed E-state index contributed by atoms with van der Waals surface area (Å²) in [6.45, 7) is 0. The first-order valence-electron chi connectivity index (χ1n) is 22.7. The third-order valence-corrected chi connectivity index (χ3v) is 14.6. The van der Waals surface area contributed by atoms with Crippen molar-refractivity contribution in [3.63, 3.8) is 0 Å². The summed E-state index contributed by atoms with van der Waals surface area (Å²) >= 11 is 1.86. The molecule has 308 valence electrons. The number of fused-ring (bicyclic) bond motifs is 9. The Morgan fingerprint density at radius 3 is 1.53 bits per heavy atom. The van der Waals surface area contributed by atoms with Crippen molar-refractivity contribution in [3.8, 4) is 44.5 Å². The number of nitrogens with zero attached hydrogens (tertiary/aromatic N) is 1. The third kappa shape index (κ3) is 6.30. The van der Waals surface area contributed by atoms with E-state index in [-0.39, 0.29) is 0 Å². The molecule has 0 saturated heterocycles. The molecule has 0 amide bonds. The number of rotatable bonds is 7. The molecular weight excluding hydrogens is 815 g/mol. The summed E-state index contributed by atoms with van der Waals surface area (Å²) in [6, 6.07) is 91.5. The summed E-state index contributed by atoms with van der Waals surface area (Å²) in [5.41, 5.74) is 13.1. The molecule has 0 unspecified atom stereocenters. The van der Waals surface area contributed by atoms with Gasteiger partial charge in [-0.1, -0.05) is 200 Å². The van der Waals surface area contributed by atoms with Crippen LogP contribution in [-0.2, 0) is 0 Å². The monoisotopic (exact) mass is 855 g/mol. The first kappa shape index (κ1) is 38.2. The zero-order chi connectivity index (χ0) is 43.6. The topological polar surface area (TPSA) is 3.24 Å². The van der Waals surface area contributed by atoms with Crippen molar-refractivity contribution in [3.05, 3.63) is 249 Å². The Hall–Kier alpha value is -8.30. The minimum absolute atomic E-state index is 1.11. The fraction of sp³-hybridized carbons (Fsp3) is 0. The smallest absolute Gasteiger partial charge is 0.0554 e. The molecular formula is C64H41NS. The van der Waals surface area contributed by atoms with Crippen LogP contribution in [0.3, 0.4) is 0 Å². The lowest BCUT2D eigenvalue weighted by atomic mass is 9.84. The Bertz CT molecular complexity index is 3960. The average molecular weight is 856 g/mol. The Morgan fingerprint density at radius 2 is 0.788 bits per heavy atom. The van der Waals surface area contributed by atoms with Gasteiger partial charge in [0.1, 0.15) is 0 Å². The fourth-order valence-corrected chi connectivity index (χ4v) is 11.6. The Balaban J connectivity index is 0.962. The quantitative estimate of drug-likeness (QED) is 0.144. The highest BCUT2D eigenvalue weighted by Gasteiger charge is 2.21. The second-order valence-corrected chi connectivity index (χ2v) is 18.2. The van der Waals surface area contributed by atoms with Crippen LogP contribution >= 0.6 is 11.3 Å². The number of thiophene rings is 1. The van der Waals surface area contributed by atoms with Gasteiger partial charge < -0.3 is 4.90 Å². The van der Waals surface area contributed by atoms with Crippen molar-refractivity contribution in [2.24, 2.45) is 0 Å². The molecule has 0 bridgehead atoms. The second kappa shape index (κ2) is 15.7. The van der Waals surface area contributed by atoms with Crippen molar-refractivity contribution in [1.82, 2.24) is 0 Å². The first-order valence-corrected chi connectivity index (χ1v) is 23.5. The molecule has 12 aromatic carbocycles. The number of hydrogen-bond donors (Lipinski definition) is 0. The van der Waals surface area contributed by atoms with Gasteiger partial charge in [-0.05, 0) is 136 Å². The Kier molecular flexibility index (Phi) is 9.11. The van der Waals surface area contributed by atoms with E-state index in [1.807, 2.05) is 11.3 Å². The largest absolute Gasteiger partial charge is 0.310 e. The molecule has 0 saturated carbocycles. The zero-order valence-corrected chi connectivity index (χ0v) is 36.8. The standard InChI is InChI=1S/C64H41NS/c1-3-16-45(17-4-1)62-56-22-10-9-21-53(56)55-40-34-47(41-58(55)63(62)46-18-5-2-6-19-46)42-29-35-48(36-30-42)65(59-26-14-28-61-64(59)57-23-11-12-27-60(57)66-61)49-37-31-44(32-38-49)51-24-13-25-52-50-20-8-7-15-43(50)33-39-54(51)52/h1-41H. The molecule has 13 rings (SSSR count). The maximum Gasteiger partial charge on any atom is 0.0554 e. The highest BCUT2D eigenvalue weighted by Crippen LogP contribution is 2.48. The van der Waals surface area contributed by atoms with Gasteiger partial charge in [0.15, 0.2) is 0 Å². The molecule has 1 aromatic heterocycles. The van der Waals surface area contributed by atoms with Crippen molar-refractivity contribution in [1.29, 1.82) is 0 Å². The van der Waals surface area contributed by atoms with E-state index in [0.29, 0.717) is 0 Å². The van der Waals surface area contributed by atoms with Gasteiger partial charge in [-0.25, -0.2) is 0 Å². The normalized spacial score (nSPS) is 11.6. The van der Waals surface area contributed by atoms with Crippen LogP contribution in [0, 0.1) is 0 Å². The van der Waals surface area contributed by atoms with Crippen LogP contribution in [0.2, 0.25) is 0 Å². The molecule has 0 spiro atoms. The minimum atomic E-state index is 1.11. The zero-order valence-electron chi connectivity index (χ0n) is 36.0. The Labute approximate surface area is 387 Å². The number of benzene rings is 12. The molecule has 0 N–H and O–H groups in total. The molecule has 1 heterocycles. The van der Waals surface area contributed by atoms with Gasteiger partial charge >= 0.3 is 0 Å². The van der Waals surface area contributed by atoms with Crippen LogP contribution in [0.4, 0.5) is 17.1 Å². The van der Waals surface area contributed by atoms with Gasteiger partial charge in [0, 0.05) is 31.5 Å². The van der Waals surface area contributed by atoms with Crippen molar-refractivity contribution in [2.45, 2.75) is 0 Å². The molecule has 13 aromatic rings. The van der Waals surface area contributed by atoms with E-state index in [4.69, 9.17) is 0 Å². The highest BCUT2D eigenvalue weighted by molar-refractivity contribution is 7.26. The maximum atomic E-state index is 2.44. The van der Waals surface area contributed by atoms with Gasteiger partial charge in [0.25, 0.3) is 0 Å². The third-order valence-electron chi connectivity index (χ3n) is 13.5. The van der Waals surface area contributed by atoms with E-state index in [9.17, 15) is 0 Å². The molecule has 0 aliphatic heterocycles. The molecule has 0 fully saturated rings. The lowest BCUT2D eigenvalue weighted by Crippen LogP contribution is -2.10. The van der Waals surface area contributed by atoms with Crippen molar-refractivity contribution in [2.75, 3.05) is 4.90 Å². The summed E-state index contributed by atoms with van der Waals surface area (Å²) in [5, 5.41) is 12.7. The fourth-order valence-electron chi connectivity index (χ4n) is 10.4. The SMILES string of the molecule is c1ccc(-c2c(-c3ccccc3)c3cc(-c4ccc(N(c5ccc(-c6cccc7c6ccc6ccccc67)cc5)c5cccc6sc7ccccc7c56)cc4)ccc3c3ccccc23)cc1. The van der Waals surface area contributed by atoms with Gasteiger partial charge in [0.05, 0.1) is 5.69 Å². The van der Waals surface area contributed by atoms with E-state index in [1.165, 1.54) is 113 Å². The summed E-state index contributed by atoms with van der Waals surface area (Å²) in [6.07, 6.45) is 0. The van der Waals surface area contributed by atoms with Gasteiger partial charge in [-0.15, -0.1) is 11.3 Å². The summed E-state index contributed by atoms with van der Waals surface area (Å²) in [7, 11) is 0. The van der Waals surface area contributed by atoms with Crippen molar-refractivity contribution < 1.29 is 0 Å². The van der Waals surface area contributed by atoms with Crippen LogP contribution in [0.5, 0.6) is 0 Å². The van der Waals surface area contributed by atoms with Gasteiger partial charge in [0.2, 0.25) is 0 Å². The lowest BCUT2D eigenvalue weighted by Gasteiger charge is -2.27. The van der Waals surface area contributed by atoms with Crippen LogP contribution in [-0.4, -0.2) is 0 Å². The highest BCUT2D eigenvalue weighted by atomic mass is 32.1. The Morgan fingerprint density at radius 1 is 0.273 bits per heavy atom. The van der Waals surface area contributed by atoms with Crippen LogP contribution in [0.25, 0.3) is 108 Å². The molecule has 66 heavy (non-hydrogen) atoms. The predicted molar refractivity (Wildman–Crippen MR) is 286 cm³/mol. The lowest BCUT2D eigenvalue weighted by molar-refractivity contribution is 1.30. The summed E-state index contributed by atoms with van der Waals surface area (Å²) in [5.74, 6) is 0. The van der Waals surface area contributed by atoms with Crippen LogP contribution < -0.4 is 4.90 Å². The average Bonchev–Trinajstić information content (AvgIpc) is 3.78. The van der Waals surface area contributed by atoms with Crippen molar-refractivity contribution >= 4 is 91.7 Å². The molecule has 2 heteroatoms. The predicted octanol–water partition coefficient (Wildman–Crippen LogP) is 18.8. The second-order valence-electron chi connectivity index (χ2n) is 17.2. The van der Waals surface area contributed by atoms with E-state index in [0.717, 1.165) is 11.4 Å². The van der Waals surface area contributed by atoms with Gasteiger partial charge in [-0.3, -0.25) is 0 Å². The van der Waals surface area contributed by atoms with Crippen LogP contribution in [0.15, 0.2) is 249 Å². The van der Waals surface area contributed by atoms with Gasteiger partial charge in [-0.2, -0.15) is 0 Å². The van der Waals surface area contributed by atoms with Crippen LogP contribution in [0.1, 0.15) is 0 Å². The molecule has 0 radical (unpaired) electrons. The molecule has 1 nitrogen and oxygen atoms in total. The summed E-state index contributed by atoms with van der Waals surface area (Å²) in [4.78, 5) is 2.44. The van der Waals surface area contributed by atoms with E-state index in [1.54, 1.807) is 0 Å². The van der Waals surface area contributed by atoms with E-state index in [2.05, 4.69) is 254 Å². The van der Waals surface area contributed by atoms with E-state index >= 15 is 0 Å². The number of anilines is 3. The van der Waals surface area contributed by atoms with E-state index < -0.39 is 0 Å².